The molecule has 0 amide bonds. The van der Waals surface area contributed by atoms with Crippen LogP contribution in [0.25, 0.3) is 0 Å². The zero-order chi connectivity index (χ0) is 10.6. The van der Waals surface area contributed by atoms with Crippen LogP contribution in [0.5, 0.6) is 0 Å². The molecular weight excluding hydrogens is 216 g/mol. The van der Waals surface area contributed by atoms with E-state index in [9.17, 15) is 4.79 Å². The maximum atomic E-state index is 11.1. The molecule has 0 aliphatic carbocycles. The van der Waals surface area contributed by atoms with Crippen LogP contribution >= 0.6 is 23.1 Å². The van der Waals surface area contributed by atoms with Gasteiger partial charge in [-0.2, -0.15) is 0 Å². The summed E-state index contributed by atoms with van der Waals surface area (Å²) < 4.78 is 0.904. The van der Waals surface area contributed by atoms with Gasteiger partial charge in [0.15, 0.2) is 10.1 Å². The number of ketones is 1. The largest absolute Gasteiger partial charge is 0.382 e. The molecule has 0 saturated heterocycles. The number of hydrogen-bond donors (Lipinski definition) is 1. The Balaban J connectivity index is 2.62. The summed E-state index contributed by atoms with van der Waals surface area (Å²) in [6.07, 6.45) is 2.34. The van der Waals surface area contributed by atoms with Crippen LogP contribution in [-0.4, -0.2) is 16.5 Å². The summed E-state index contributed by atoms with van der Waals surface area (Å²) in [4.78, 5) is 15.8. The molecule has 1 rings (SSSR count). The average Bonchev–Trinajstić information content (AvgIpc) is 2.47. The van der Waals surface area contributed by atoms with Gasteiger partial charge in [-0.3, -0.25) is 4.79 Å². The molecule has 0 atom stereocenters. The molecule has 1 aromatic heterocycles. The number of Topliss-reactive ketones (excluding diaryl/α,β-unsaturated/α-hetero) is 1. The fourth-order valence-electron chi connectivity index (χ4n) is 0.929. The van der Waals surface area contributed by atoms with Crippen molar-refractivity contribution in [2.75, 3.05) is 11.5 Å². The van der Waals surface area contributed by atoms with Crippen LogP contribution in [0.15, 0.2) is 4.34 Å². The van der Waals surface area contributed by atoms with Gasteiger partial charge < -0.3 is 5.73 Å². The van der Waals surface area contributed by atoms with E-state index >= 15 is 0 Å². The molecular formula is C9H14N2OS2. The van der Waals surface area contributed by atoms with Crippen LogP contribution in [-0.2, 0) is 0 Å². The van der Waals surface area contributed by atoms with Crippen molar-refractivity contribution in [3.63, 3.8) is 0 Å². The smallest absolute Gasteiger partial charge is 0.173 e. The first kappa shape index (κ1) is 11.5. The predicted octanol–water partition coefficient (Wildman–Crippen LogP) is 2.82. The van der Waals surface area contributed by atoms with Crippen molar-refractivity contribution in [2.24, 2.45) is 0 Å². The fourth-order valence-corrected chi connectivity index (χ4v) is 3.05. The summed E-state index contributed by atoms with van der Waals surface area (Å²) >= 11 is 3.07. The molecule has 1 heterocycles. The number of nitrogens with zero attached hydrogens (tertiary/aromatic N) is 1. The molecule has 0 aliphatic heterocycles. The lowest BCUT2D eigenvalue weighted by molar-refractivity contribution is 0.102. The number of rotatable bonds is 5. The number of thioether (sulfide) groups is 1. The number of nitrogen functional groups attached to an aromatic ring is 1. The van der Waals surface area contributed by atoms with Crippen LogP contribution in [0, 0.1) is 0 Å². The third kappa shape index (κ3) is 2.99. The van der Waals surface area contributed by atoms with Gasteiger partial charge >= 0.3 is 0 Å². The van der Waals surface area contributed by atoms with Crippen LogP contribution in [0.4, 0.5) is 5.82 Å². The second-order valence-corrected chi connectivity index (χ2v) is 5.29. The maximum Gasteiger partial charge on any atom is 0.173 e. The molecule has 78 valence electrons. The zero-order valence-corrected chi connectivity index (χ0v) is 10.0. The summed E-state index contributed by atoms with van der Waals surface area (Å²) in [7, 11) is 0. The van der Waals surface area contributed by atoms with E-state index in [2.05, 4.69) is 11.9 Å². The summed E-state index contributed by atoms with van der Waals surface area (Å²) in [6.45, 7) is 3.67. The highest BCUT2D eigenvalue weighted by Crippen LogP contribution is 2.29. The van der Waals surface area contributed by atoms with Crippen molar-refractivity contribution >= 4 is 34.7 Å². The second-order valence-electron chi connectivity index (χ2n) is 2.95. The van der Waals surface area contributed by atoms with Crippen LogP contribution < -0.4 is 5.73 Å². The minimum atomic E-state index is 0.00217. The van der Waals surface area contributed by atoms with Crippen LogP contribution in [0.2, 0.25) is 0 Å². The maximum absolute atomic E-state index is 11.1. The highest BCUT2D eigenvalue weighted by molar-refractivity contribution is 8.01. The standard InChI is InChI=1S/C9H14N2OS2/c1-3-4-5-13-9-11-8(10)7(14-9)6(2)12/h3-5,10H2,1-2H3. The van der Waals surface area contributed by atoms with Crippen molar-refractivity contribution in [3.8, 4) is 0 Å². The minimum absolute atomic E-state index is 0.00217. The molecule has 0 saturated carbocycles. The lowest BCUT2D eigenvalue weighted by Crippen LogP contribution is -1.94. The van der Waals surface area contributed by atoms with E-state index in [4.69, 9.17) is 5.73 Å². The quantitative estimate of drug-likeness (QED) is 0.480. The summed E-state index contributed by atoms with van der Waals surface area (Å²) in [5.74, 6) is 1.42. The summed E-state index contributed by atoms with van der Waals surface area (Å²) in [5.41, 5.74) is 5.61. The van der Waals surface area contributed by atoms with Crippen LogP contribution in [0.1, 0.15) is 36.4 Å². The van der Waals surface area contributed by atoms with Crippen molar-refractivity contribution in [3.05, 3.63) is 4.88 Å². The van der Waals surface area contributed by atoms with Crippen LogP contribution in [0.3, 0.4) is 0 Å². The van der Waals surface area contributed by atoms with Gasteiger partial charge in [0.05, 0.1) is 0 Å². The van der Waals surface area contributed by atoms with Gasteiger partial charge in [0.25, 0.3) is 0 Å². The lowest BCUT2D eigenvalue weighted by atomic mass is 10.4. The molecule has 0 fully saturated rings. The third-order valence-electron chi connectivity index (χ3n) is 1.68. The topological polar surface area (TPSA) is 56.0 Å². The van der Waals surface area contributed by atoms with Crippen molar-refractivity contribution in [1.82, 2.24) is 4.98 Å². The Bertz CT molecular complexity index is 323. The van der Waals surface area contributed by atoms with Crippen molar-refractivity contribution < 1.29 is 4.79 Å². The van der Waals surface area contributed by atoms with E-state index < -0.39 is 0 Å². The number of unbranched alkanes of at least 4 members (excludes halogenated alkanes) is 1. The van der Waals surface area contributed by atoms with Gasteiger partial charge in [0.1, 0.15) is 10.7 Å². The normalized spacial score (nSPS) is 10.4. The van der Waals surface area contributed by atoms with Gasteiger partial charge in [0, 0.05) is 12.7 Å². The van der Waals surface area contributed by atoms with E-state index in [0.717, 1.165) is 10.1 Å². The molecule has 0 radical (unpaired) electrons. The van der Waals surface area contributed by atoms with E-state index in [1.165, 1.54) is 31.1 Å². The molecule has 0 bridgehead atoms. The average molecular weight is 230 g/mol. The molecule has 3 nitrogen and oxygen atoms in total. The molecule has 5 heteroatoms. The molecule has 0 unspecified atom stereocenters. The molecule has 0 aromatic carbocycles. The minimum Gasteiger partial charge on any atom is -0.382 e. The Morgan fingerprint density at radius 2 is 2.36 bits per heavy atom. The number of hydrogen-bond acceptors (Lipinski definition) is 5. The Morgan fingerprint density at radius 1 is 1.64 bits per heavy atom. The van der Waals surface area contributed by atoms with Gasteiger partial charge in [0.2, 0.25) is 0 Å². The second kappa shape index (κ2) is 5.36. The molecule has 1 aromatic rings. The molecule has 2 N–H and O–H groups in total. The zero-order valence-electron chi connectivity index (χ0n) is 8.37. The number of carbonyl (C=O) groups excluding carboxylic acids is 1. The van der Waals surface area contributed by atoms with Gasteiger partial charge in [-0.25, -0.2) is 4.98 Å². The number of anilines is 1. The van der Waals surface area contributed by atoms with E-state index in [-0.39, 0.29) is 5.78 Å². The fraction of sp³-hybridized carbons (Fsp3) is 0.556. The highest BCUT2D eigenvalue weighted by Gasteiger charge is 2.11. The monoisotopic (exact) mass is 230 g/mol. The van der Waals surface area contributed by atoms with E-state index in [1.807, 2.05) is 0 Å². The first-order valence-corrected chi connectivity index (χ1v) is 6.35. The Labute approximate surface area is 92.1 Å². The van der Waals surface area contributed by atoms with Gasteiger partial charge in [-0.1, -0.05) is 25.1 Å². The van der Waals surface area contributed by atoms with Gasteiger partial charge in [-0.05, 0) is 6.42 Å². The number of nitrogens with two attached hydrogens (primary N) is 1. The number of thiazole rings is 1. The van der Waals surface area contributed by atoms with Crippen molar-refractivity contribution in [1.29, 1.82) is 0 Å². The van der Waals surface area contributed by atoms with Gasteiger partial charge in [-0.15, -0.1) is 11.3 Å². The SMILES string of the molecule is CCCCSc1nc(N)c(C(C)=O)s1. The molecule has 0 spiro atoms. The van der Waals surface area contributed by atoms with Crippen molar-refractivity contribution in [2.45, 2.75) is 31.0 Å². The Kier molecular flexibility index (Phi) is 4.41. The Hall–Kier alpha value is -0.550. The van der Waals surface area contributed by atoms with E-state index in [1.54, 1.807) is 11.8 Å². The first-order chi connectivity index (χ1) is 6.65. The Morgan fingerprint density at radius 3 is 2.86 bits per heavy atom. The highest BCUT2D eigenvalue weighted by atomic mass is 32.2. The molecule has 14 heavy (non-hydrogen) atoms. The third-order valence-corrected chi connectivity index (χ3v) is 4.08. The predicted molar refractivity (Wildman–Crippen MR) is 62.2 cm³/mol. The van der Waals surface area contributed by atoms with E-state index in [0.29, 0.717) is 10.7 Å². The summed E-state index contributed by atoms with van der Waals surface area (Å²) in [6, 6.07) is 0. The first-order valence-electron chi connectivity index (χ1n) is 4.55. The lowest BCUT2D eigenvalue weighted by Gasteiger charge is -1.92. The molecule has 0 aliphatic rings. The summed E-state index contributed by atoms with van der Waals surface area (Å²) in [5, 5.41) is 0. The number of carbonyl (C=O) groups is 1. The number of aromatic nitrogens is 1.